The molecule has 0 spiro atoms. The van der Waals surface area contributed by atoms with Gasteiger partial charge in [0.1, 0.15) is 0 Å². The Kier molecular flexibility index (Phi) is 6.79. The lowest BCUT2D eigenvalue weighted by molar-refractivity contribution is 0.0240. The second-order valence-corrected chi connectivity index (χ2v) is 6.95. The van der Waals surface area contributed by atoms with Crippen molar-refractivity contribution in [3.63, 3.8) is 0 Å². The Bertz CT molecular complexity index is 272. The van der Waals surface area contributed by atoms with Crippen molar-refractivity contribution in [2.75, 3.05) is 19.7 Å². The Labute approximate surface area is 124 Å². The minimum atomic E-state index is 0.326. The molecule has 1 saturated carbocycles. The molecule has 0 aromatic carbocycles. The molecule has 1 saturated heterocycles. The van der Waals surface area contributed by atoms with Gasteiger partial charge in [0, 0.05) is 12.1 Å². The van der Waals surface area contributed by atoms with Crippen LogP contribution in [0.1, 0.15) is 64.7 Å². The van der Waals surface area contributed by atoms with Gasteiger partial charge in [0.05, 0.1) is 6.61 Å². The molecule has 0 amide bonds. The van der Waals surface area contributed by atoms with Gasteiger partial charge in [0.15, 0.2) is 0 Å². The zero-order valence-electron chi connectivity index (χ0n) is 13.3. The lowest BCUT2D eigenvalue weighted by atomic mass is 9.75. The first-order chi connectivity index (χ1) is 9.80. The van der Waals surface area contributed by atoms with E-state index in [0.717, 1.165) is 12.5 Å². The van der Waals surface area contributed by atoms with Crippen LogP contribution in [0.25, 0.3) is 0 Å². The monoisotopic (exact) mass is 282 g/mol. The van der Waals surface area contributed by atoms with Gasteiger partial charge in [0.25, 0.3) is 0 Å². The maximum absolute atomic E-state index is 9.77. The van der Waals surface area contributed by atoms with Gasteiger partial charge in [-0.2, -0.15) is 0 Å². The van der Waals surface area contributed by atoms with Gasteiger partial charge in [-0.05, 0) is 50.6 Å². The highest BCUT2D eigenvalue weighted by molar-refractivity contribution is 4.91. The van der Waals surface area contributed by atoms with Gasteiger partial charge >= 0.3 is 0 Å². The van der Waals surface area contributed by atoms with Crippen LogP contribution in [-0.4, -0.2) is 41.8 Å². The van der Waals surface area contributed by atoms with Gasteiger partial charge < -0.3 is 10.8 Å². The van der Waals surface area contributed by atoms with Gasteiger partial charge in [0.2, 0.25) is 0 Å². The zero-order chi connectivity index (χ0) is 14.4. The molecule has 2 aliphatic rings. The molecule has 2 fully saturated rings. The van der Waals surface area contributed by atoms with Crippen LogP contribution in [0.3, 0.4) is 0 Å². The van der Waals surface area contributed by atoms with Crippen molar-refractivity contribution in [1.29, 1.82) is 0 Å². The summed E-state index contributed by atoms with van der Waals surface area (Å²) in [5.41, 5.74) is 6.06. The van der Waals surface area contributed by atoms with E-state index in [9.17, 15) is 5.11 Å². The lowest BCUT2D eigenvalue weighted by Crippen LogP contribution is -2.52. The molecule has 20 heavy (non-hydrogen) atoms. The molecule has 4 unspecified atom stereocenters. The number of nitrogens with zero attached hydrogens (tertiary/aromatic N) is 1. The van der Waals surface area contributed by atoms with Gasteiger partial charge in [-0.1, -0.05) is 39.0 Å². The Hall–Kier alpha value is -0.120. The maximum Gasteiger partial charge on any atom is 0.0586 e. The molecule has 3 heteroatoms. The average Bonchev–Trinajstić information content (AvgIpc) is 2.72. The predicted octanol–water partition coefficient (Wildman–Crippen LogP) is 2.77. The molecule has 1 heterocycles. The van der Waals surface area contributed by atoms with E-state index >= 15 is 0 Å². The largest absolute Gasteiger partial charge is 0.395 e. The fraction of sp³-hybridized carbons (Fsp3) is 1.00. The Morgan fingerprint density at radius 3 is 2.70 bits per heavy atom. The Morgan fingerprint density at radius 1 is 1.15 bits per heavy atom. The molecule has 0 aromatic rings. The van der Waals surface area contributed by atoms with E-state index in [1.54, 1.807) is 0 Å². The number of likely N-dealkylation sites (tertiary alicyclic amines) is 1. The van der Waals surface area contributed by atoms with Crippen molar-refractivity contribution >= 4 is 0 Å². The molecule has 4 atom stereocenters. The molecular formula is C17H34N2O. The number of hydrogen-bond donors (Lipinski definition) is 2. The summed E-state index contributed by atoms with van der Waals surface area (Å²) in [7, 11) is 0. The Balaban J connectivity index is 2.06. The third kappa shape index (κ3) is 3.96. The molecule has 0 aromatic heterocycles. The average molecular weight is 282 g/mol. The summed E-state index contributed by atoms with van der Waals surface area (Å²) in [5, 5.41) is 9.77. The SMILES string of the molecule is CCCC1CCC(CN)C(N2CCCCCC2CO)C1. The third-order valence-electron chi connectivity index (χ3n) is 5.62. The third-order valence-corrected chi connectivity index (χ3v) is 5.62. The molecule has 1 aliphatic heterocycles. The number of aliphatic hydroxyl groups excluding tert-OH is 1. The summed E-state index contributed by atoms with van der Waals surface area (Å²) in [4.78, 5) is 2.65. The van der Waals surface area contributed by atoms with Crippen molar-refractivity contribution < 1.29 is 5.11 Å². The molecule has 0 radical (unpaired) electrons. The van der Waals surface area contributed by atoms with Crippen molar-refractivity contribution in [3.8, 4) is 0 Å². The van der Waals surface area contributed by atoms with E-state index in [-0.39, 0.29) is 0 Å². The topological polar surface area (TPSA) is 49.5 Å². The van der Waals surface area contributed by atoms with Crippen molar-refractivity contribution in [1.82, 2.24) is 4.90 Å². The standard InChI is InChI=1S/C17H34N2O/c1-2-6-14-8-9-15(12-18)17(11-14)19-10-5-3-4-7-16(19)13-20/h14-17,20H,2-13,18H2,1H3. The summed E-state index contributed by atoms with van der Waals surface area (Å²) in [6, 6.07) is 1.01. The summed E-state index contributed by atoms with van der Waals surface area (Å²) in [5.74, 6) is 1.53. The fourth-order valence-electron chi connectivity index (χ4n) is 4.48. The van der Waals surface area contributed by atoms with Crippen molar-refractivity contribution in [3.05, 3.63) is 0 Å². The van der Waals surface area contributed by atoms with Crippen LogP contribution in [0.15, 0.2) is 0 Å². The lowest BCUT2D eigenvalue weighted by Gasteiger charge is -2.45. The molecule has 3 nitrogen and oxygen atoms in total. The summed E-state index contributed by atoms with van der Waals surface area (Å²) in [6.45, 7) is 4.61. The van der Waals surface area contributed by atoms with Crippen LogP contribution in [0.4, 0.5) is 0 Å². The van der Waals surface area contributed by atoms with Gasteiger partial charge in [-0.15, -0.1) is 0 Å². The van der Waals surface area contributed by atoms with E-state index < -0.39 is 0 Å². The summed E-state index contributed by atoms with van der Waals surface area (Å²) in [6.07, 6.45) is 11.7. The first kappa shape index (κ1) is 16.3. The highest BCUT2D eigenvalue weighted by Crippen LogP contribution is 2.36. The van der Waals surface area contributed by atoms with Crippen LogP contribution >= 0.6 is 0 Å². The molecule has 118 valence electrons. The molecular weight excluding hydrogens is 248 g/mol. The van der Waals surface area contributed by atoms with E-state index in [1.807, 2.05) is 0 Å². The van der Waals surface area contributed by atoms with E-state index in [4.69, 9.17) is 5.73 Å². The molecule has 2 rings (SSSR count). The van der Waals surface area contributed by atoms with Crippen LogP contribution in [-0.2, 0) is 0 Å². The minimum Gasteiger partial charge on any atom is -0.395 e. The Morgan fingerprint density at radius 2 is 2.00 bits per heavy atom. The van der Waals surface area contributed by atoms with Crippen LogP contribution in [0.2, 0.25) is 0 Å². The highest BCUT2D eigenvalue weighted by Gasteiger charge is 2.36. The number of nitrogens with two attached hydrogens (primary N) is 1. The number of hydrogen-bond acceptors (Lipinski definition) is 3. The maximum atomic E-state index is 9.77. The first-order valence-electron chi connectivity index (χ1n) is 8.86. The smallest absolute Gasteiger partial charge is 0.0586 e. The molecule has 0 bridgehead atoms. The molecule has 3 N–H and O–H groups in total. The fourth-order valence-corrected chi connectivity index (χ4v) is 4.48. The quantitative estimate of drug-likeness (QED) is 0.815. The van der Waals surface area contributed by atoms with E-state index in [2.05, 4.69) is 11.8 Å². The predicted molar refractivity (Wildman–Crippen MR) is 84.6 cm³/mol. The summed E-state index contributed by atoms with van der Waals surface area (Å²) < 4.78 is 0. The van der Waals surface area contributed by atoms with E-state index in [0.29, 0.717) is 24.6 Å². The van der Waals surface area contributed by atoms with Crippen LogP contribution < -0.4 is 5.73 Å². The highest BCUT2D eigenvalue weighted by atomic mass is 16.3. The minimum absolute atomic E-state index is 0.326. The summed E-state index contributed by atoms with van der Waals surface area (Å²) >= 11 is 0. The number of rotatable bonds is 5. The normalized spacial score (nSPS) is 36.8. The van der Waals surface area contributed by atoms with Gasteiger partial charge in [-0.25, -0.2) is 0 Å². The van der Waals surface area contributed by atoms with Gasteiger partial charge in [-0.3, -0.25) is 4.90 Å². The molecule has 1 aliphatic carbocycles. The first-order valence-corrected chi connectivity index (χ1v) is 8.86. The van der Waals surface area contributed by atoms with Crippen molar-refractivity contribution in [2.24, 2.45) is 17.6 Å². The zero-order valence-corrected chi connectivity index (χ0v) is 13.3. The second-order valence-electron chi connectivity index (χ2n) is 6.95. The van der Waals surface area contributed by atoms with Crippen LogP contribution in [0, 0.1) is 11.8 Å². The number of aliphatic hydroxyl groups is 1. The van der Waals surface area contributed by atoms with E-state index in [1.165, 1.54) is 64.3 Å². The second kappa shape index (κ2) is 8.35. The van der Waals surface area contributed by atoms with Crippen molar-refractivity contribution in [2.45, 2.75) is 76.8 Å². The van der Waals surface area contributed by atoms with Crippen LogP contribution in [0.5, 0.6) is 0 Å².